The smallest absolute Gasteiger partial charge is 0.126 e. The molecule has 8 rings (SSSR count). The number of para-hydroxylation sites is 2. The predicted molar refractivity (Wildman–Crippen MR) is 273 cm³/mol. The van der Waals surface area contributed by atoms with Gasteiger partial charge in [0.1, 0.15) is 11.5 Å². The van der Waals surface area contributed by atoms with Crippen molar-refractivity contribution in [1.82, 2.24) is 0 Å². The average Bonchev–Trinajstić information content (AvgIpc) is 3.31. The van der Waals surface area contributed by atoms with E-state index in [0.29, 0.717) is 25.0 Å². The van der Waals surface area contributed by atoms with E-state index in [0.717, 1.165) is 58.1 Å². The molecule has 322 valence electrons. The first-order chi connectivity index (χ1) is 31.3. The van der Waals surface area contributed by atoms with Crippen LogP contribution in [0.2, 0.25) is 0 Å². The van der Waals surface area contributed by atoms with Gasteiger partial charge in [0, 0.05) is 45.3 Å². The molecule has 6 aromatic carbocycles. The Morgan fingerprint density at radius 1 is 0.594 bits per heavy atom. The lowest BCUT2D eigenvalue weighted by Gasteiger charge is -2.31. The zero-order valence-corrected chi connectivity index (χ0v) is 38.2. The van der Waals surface area contributed by atoms with Crippen LogP contribution >= 0.6 is 0 Å². The lowest BCUT2D eigenvalue weighted by Crippen LogP contribution is -2.19. The Bertz CT molecular complexity index is 2730. The predicted octanol–water partition coefficient (Wildman–Crippen LogP) is 16.3. The minimum absolute atomic E-state index is 0.301. The van der Waals surface area contributed by atoms with Crippen LogP contribution < -0.4 is 19.3 Å². The van der Waals surface area contributed by atoms with Gasteiger partial charge >= 0.3 is 0 Å². The fourth-order valence-corrected chi connectivity index (χ4v) is 8.73. The number of ether oxygens (including phenoxy) is 2. The van der Waals surface area contributed by atoms with Gasteiger partial charge in [0.25, 0.3) is 0 Å². The molecule has 0 aromatic heterocycles. The first kappa shape index (κ1) is 43.6. The number of hydrogen-bond donors (Lipinski definition) is 0. The second kappa shape index (κ2) is 20.4. The van der Waals surface area contributed by atoms with Crippen molar-refractivity contribution in [2.24, 2.45) is 11.8 Å². The maximum absolute atomic E-state index is 5.87. The van der Waals surface area contributed by atoms with E-state index in [2.05, 4.69) is 201 Å². The van der Waals surface area contributed by atoms with Crippen LogP contribution in [0.25, 0.3) is 29.4 Å². The second-order valence-corrected chi connectivity index (χ2v) is 16.9. The lowest BCUT2D eigenvalue weighted by molar-refractivity contribution is 0.339. The zero-order chi connectivity index (χ0) is 44.4. The van der Waals surface area contributed by atoms with Gasteiger partial charge in [-0.2, -0.15) is 0 Å². The third kappa shape index (κ3) is 10.2. The Morgan fingerprint density at radius 2 is 1.17 bits per heavy atom. The number of hydrogen-bond acceptors (Lipinski definition) is 4. The van der Waals surface area contributed by atoms with Crippen molar-refractivity contribution in [2.45, 2.75) is 54.4 Å². The molecule has 2 aliphatic carbocycles. The molecule has 0 spiro atoms. The number of aryl methyl sites for hydroxylation is 2. The van der Waals surface area contributed by atoms with E-state index in [1.54, 1.807) is 0 Å². The van der Waals surface area contributed by atoms with Gasteiger partial charge in [-0.05, 0) is 154 Å². The average molecular weight is 841 g/mol. The molecule has 0 saturated heterocycles. The molecule has 0 aliphatic heterocycles. The molecule has 0 saturated carbocycles. The summed E-state index contributed by atoms with van der Waals surface area (Å²) in [6.07, 6.45) is 22.3. The minimum atomic E-state index is 0.301. The summed E-state index contributed by atoms with van der Waals surface area (Å²) in [5.74, 6) is 2.64. The Morgan fingerprint density at radius 3 is 1.73 bits per heavy atom. The van der Waals surface area contributed by atoms with E-state index in [4.69, 9.17) is 9.47 Å². The third-order valence-corrected chi connectivity index (χ3v) is 12.0. The molecular weight excluding hydrogens is 781 g/mol. The summed E-state index contributed by atoms with van der Waals surface area (Å²) in [5.41, 5.74) is 16.5. The van der Waals surface area contributed by atoms with Crippen molar-refractivity contribution in [1.29, 1.82) is 0 Å². The van der Waals surface area contributed by atoms with E-state index < -0.39 is 0 Å². The molecule has 0 radical (unpaired) electrons. The fraction of sp³-hybridized carbons (Fsp3) is 0.200. The van der Waals surface area contributed by atoms with Crippen molar-refractivity contribution in [2.75, 3.05) is 23.0 Å². The number of rotatable bonds is 15. The van der Waals surface area contributed by atoms with Gasteiger partial charge in [-0.3, -0.25) is 0 Å². The molecule has 6 aromatic rings. The highest BCUT2D eigenvalue weighted by Crippen LogP contribution is 2.39. The summed E-state index contributed by atoms with van der Waals surface area (Å²) < 4.78 is 11.7. The molecule has 2 aliphatic rings. The van der Waals surface area contributed by atoms with Gasteiger partial charge in [-0.25, -0.2) is 0 Å². The molecule has 4 heteroatoms. The van der Waals surface area contributed by atoms with E-state index >= 15 is 0 Å². The molecular formula is C60H60N2O2. The summed E-state index contributed by atoms with van der Waals surface area (Å²) in [6, 6.07) is 50.0. The molecule has 0 fully saturated rings. The number of nitrogens with zero attached hydrogens (tertiary/aromatic N) is 2. The van der Waals surface area contributed by atoms with E-state index in [1.165, 1.54) is 44.9 Å². The minimum Gasteiger partial charge on any atom is -0.493 e. The van der Waals surface area contributed by atoms with Gasteiger partial charge in [0.05, 0.1) is 13.2 Å². The first-order valence-corrected chi connectivity index (χ1v) is 22.8. The third-order valence-electron chi connectivity index (χ3n) is 12.0. The maximum Gasteiger partial charge on any atom is 0.126 e. The second-order valence-electron chi connectivity index (χ2n) is 16.9. The van der Waals surface area contributed by atoms with Crippen molar-refractivity contribution < 1.29 is 9.47 Å². The summed E-state index contributed by atoms with van der Waals surface area (Å²) in [4.78, 5) is 4.80. The number of allylic oxidation sites excluding steroid dienone is 7. The molecule has 0 unspecified atom stereocenters. The van der Waals surface area contributed by atoms with Gasteiger partial charge in [-0.15, -0.1) is 0 Å². The van der Waals surface area contributed by atoms with Crippen molar-refractivity contribution >= 4 is 41.0 Å². The van der Waals surface area contributed by atoms with Gasteiger partial charge in [0.15, 0.2) is 0 Å². The van der Waals surface area contributed by atoms with Gasteiger partial charge in [-0.1, -0.05) is 140 Å². The van der Waals surface area contributed by atoms with Crippen LogP contribution in [0, 0.1) is 25.7 Å². The largest absolute Gasteiger partial charge is 0.493 e. The number of anilines is 4. The van der Waals surface area contributed by atoms with Crippen LogP contribution in [0.4, 0.5) is 22.7 Å². The van der Waals surface area contributed by atoms with E-state index in [-0.39, 0.29) is 0 Å². The Balaban J connectivity index is 1.04. The Hall–Kier alpha value is -7.04. The standard InChI is InChI=1S/C60H60N2O2/c1-7-63-59-15-11-9-13-51(59)25-19-47-21-31-53(32-22-47)61(57-39-17-43(3)41-45(57)5)55-35-27-49(28-36-55)50-29-37-56(38-30-50)62(58-40-18-44(4)42-46(58)6)54-33-23-48(24-34-54)20-26-52-14-10-12-16-60(52)64-8-2/h9-23,25-40,42-43,48H,7-8,24,41H2,1-6H3/b25-19+,26-20+/t43-,48-/m1/s1. The van der Waals surface area contributed by atoms with E-state index in [1.807, 2.05) is 44.2 Å². The topological polar surface area (TPSA) is 24.9 Å². The van der Waals surface area contributed by atoms with Crippen LogP contribution in [0.15, 0.2) is 193 Å². The molecule has 0 N–H and O–H groups in total. The van der Waals surface area contributed by atoms with Crippen molar-refractivity contribution in [3.05, 3.63) is 221 Å². The van der Waals surface area contributed by atoms with Crippen molar-refractivity contribution in [3.63, 3.8) is 0 Å². The Kier molecular flexibility index (Phi) is 13.9. The zero-order valence-electron chi connectivity index (χ0n) is 38.2. The quantitative estimate of drug-likeness (QED) is 0.0962. The van der Waals surface area contributed by atoms with Crippen LogP contribution in [-0.4, -0.2) is 13.2 Å². The van der Waals surface area contributed by atoms with Crippen LogP contribution in [0.5, 0.6) is 11.5 Å². The highest BCUT2D eigenvalue weighted by atomic mass is 16.5. The SMILES string of the molecule is CCOc1ccccc1/C=C/c1ccc(N(C2=C(C)C[C@H](C)C=C2)c2ccc(-c3ccc(N(C4=CC[C@H](/C=C/c5ccccc5OCC)C=C4)c4ccc(C)cc4C)cc3)cc2)cc1. The molecule has 64 heavy (non-hydrogen) atoms. The maximum atomic E-state index is 5.87. The molecule has 0 bridgehead atoms. The van der Waals surface area contributed by atoms with Gasteiger partial charge in [0.2, 0.25) is 0 Å². The van der Waals surface area contributed by atoms with Crippen molar-refractivity contribution in [3.8, 4) is 22.6 Å². The van der Waals surface area contributed by atoms with Crippen LogP contribution in [-0.2, 0) is 0 Å². The van der Waals surface area contributed by atoms with Crippen LogP contribution in [0.1, 0.15) is 68.4 Å². The van der Waals surface area contributed by atoms with Gasteiger partial charge < -0.3 is 19.3 Å². The number of benzene rings is 6. The molecule has 0 heterocycles. The van der Waals surface area contributed by atoms with Crippen LogP contribution in [0.3, 0.4) is 0 Å². The summed E-state index contributed by atoms with van der Waals surface area (Å²) in [6.45, 7) is 14.3. The normalized spacial score (nSPS) is 16.1. The Labute approximate surface area is 381 Å². The molecule has 4 nitrogen and oxygen atoms in total. The monoisotopic (exact) mass is 840 g/mol. The molecule has 0 amide bonds. The molecule has 2 atom stereocenters. The summed E-state index contributed by atoms with van der Waals surface area (Å²) in [7, 11) is 0. The first-order valence-electron chi connectivity index (χ1n) is 22.8. The van der Waals surface area contributed by atoms with E-state index in [9.17, 15) is 0 Å². The highest BCUT2D eigenvalue weighted by Gasteiger charge is 2.21. The lowest BCUT2D eigenvalue weighted by atomic mass is 9.93. The summed E-state index contributed by atoms with van der Waals surface area (Å²) in [5, 5.41) is 0. The summed E-state index contributed by atoms with van der Waals surface area (Å²) >= 11 is 0. The highest BCUT2D eigenvalue weighted by molar-refractivity contribution is 5.79. The fourth-order valence-electron chi connectivity index (χ4n) is 8.73.